The SMILES string of the molecule is C[C@@H]1CC[C@@H](Sc2cc(C#N)ccn2)CN1C(=O)c1ccccc1C1CCCCO1. The number of ether oxygens (including phenoxy) is 1. The predicted molar refractivity (Wildman–Crippen MR) is 117 cm³/mol. The number of aromatic nitrogens is 1. The first-order valence-corrected chi connectivity index (χ1v) is 11.6. The zero-order valence-corrected chi connectivity index (χ0v) is 18.1. The van der Waals surface area contributed by atoms with E-state index in [1.165, 1.54) is 0 Å². The summed E-state index contributed by atoms with van der Waals surface area (Å²) < 4.78 is 5.98. The third-order valence-corrected chi connectivity index (χ3v) is 7.15. The first-order chi connectivity index (χ1) is 14.7. The Morgan fingerprint density at radius 1 is 1.23 bits per heavy atom. The number of carbonyl (C=O) groups excluding carboxylic acids is 1. The van der Waals surface area contributed by atoms with Crippen LogP contribution in [-0.4, -0.2) is 40.2 Å². The van der Waals surface area contributed by atoms with E-state index in [-0.39, 0.29) is 23.3 Å². The van der Waals surface area contributed by atoms with Gasteiger partial charge in [-0.05, 0) is 62.8 Å². The van der Waals surface area contributed by atoms with Crippen LogP contribution in [0.2, 0.25) is 0 Å². The quantitative estimate of drug-likeness (QED) is 0.696. The fraction of sp³-hybridized carbons (Fsp3) is 0.458. The van der Waals surface area contributed by atoms with Gasteiger partial charge in [0.15, 0.2) is 0 Å². The number of rotatable bonds is 4. The standard InChI is InChI=1S/C24H27N3O2S/c1-17-9-10-19(30-23-14-18(15-25)11-12-26-23)16-27(17)24(28)21-7-3-2-6-20(21)22-8-4-5-13-29-22/h2-3,6-7,11-12,14,17,19,22H,4-5,8-10,13,16H2,1H3/t17-,19-,22?/m1/s1. The summed E-state index contributed by atoms with van der Waals surface area (Å²) in [6.07, 6.45) is 6.89. The van der Waals surface area contributed by atoms with Gasteiger partial charge in [-0.15, -0.1) is 11.8 Å². The minimum Gasteiger partial charge on any atom is -0.374 e. The van der Waals surface area contributed by atoms with Gasteiger partial charge in [-0.25, -0.2) is 4.98 Å². The maximum atomic E-state index is 13.6. The largest absolute Gasteiger partial charge is 0.374 e. The first kappa shape index (κ1) is 20.9. The van der Waals surface area contributed by atoms with Crippen LogP contribution in [-0.2, 0) is 4.74 Å². The predicted octanol–water partition coefficient (Wildman–Crippen LogP) is 4.98. The zero-order chi connectivity index (χ0) is 20.9. The molecular weight excluding hydrogens is 394 g/mol. The van der Waals surface area contributed by atoms with Gasteiger partial charge in [0, 0.05) is 36.2 Å². The summed E-state index contributed by atoms with van der Waals surface area (Å²) in [5.74, 6) is 0.0938. The van der Waals surface area contributed by atoms with Crippen molar-refractivity contribution >= 4 is 17.7 Å². The van der Waals surface area contributed by atoms with E-state index >= 15 is 0 Å². The molecule has 0 radical (unpaired) electrons. The summed E-state index contributed by atoms with van der Waals surface area (Å²) in [6.45, 7) is 3.58. The fourth-order valence-corrected chi connectivity index (χ4v) is 5.43. The lowest BCUT2D eigenvalue weighted by Crippen LogP contribution is -2.47. The van der Waals surface area contributed by atoms with Gasteiger partial charge in [0.1, 0.15) is 0 Å². The Morgan fingerprint density at radius 3 is 2.90 bits per heavy atom. The molecule has 0 bridgehead atoms. The smallest absolute Gasteiger partial charge is 0.254 e. The molecule has 1 aromatic carbocycles. The Morgan fingerprint density at radius 2 is 2.10 bits per heavy atom. The molecule has 4 rings (SSSR count). The van der Waals surface area contributed by atoms with Gasteiger partial charge in [0.05, 0.1) is 22.8 Å². The number of piperidine rings is 1. The summed E-state index contributed by atoms with van der Waals surface area (Å²) in [6, 6.07) is 13.8. The number of nitriles is 1. The highest BCUT2D eigenvalue weighted by Crippen LogP contribution is 2.34. The lowest BCUT2D eigenvalue weighted by molar-refractivity contribution is 0.0138. The minimum absolute atomic E-state index is 0.0158. The number of benzene rings is 1. The fourth-order valence-electron chi connectivity index (χ4n) is 4.28. The zero-order valence-electron chi connectivity index (χ0n) is 17.3. The van der Waals surface area contributed by atoms with Crippen molar-refractivity contribution in [2.24, 2.45) is 0 Å². The van der Waals surface area contributed by atoms with Crippen molar-refractivity contribution in [2.75, 3.05) is 13.2 Å². The summed E-state index contributed by atoms with van der Waals surface area (Å²) >= 11 is 1.66. The van der Waals surface area contributed by atoms with Crippen LogP contribution in [0.5, 0.6) is 0 Å². The molecule has 6 heteroatoms. The second kappa shape index (κ2) is 9.63. The van der Waals surface area contributed by atoms with Crippen molar-refractivity contribution in [3.8, 4) is 6.07 Å². The lowest BCUT2D eigenvalue weighted by atomic mass is 9.94. The van der Waals surface area contributed by atoms with Crippen LogP contribution in [0.25, 0.3) is 0 Å². The monoisotopic (exact) mass is 421 g/mol. The molecule has 1 aromatic heterocycles. The topological polar surface area (TPSA) is 66.2 Å². The molecule has 2 aromatic rings. The average molecular weight is 422 g/mol. The molecule has 3 atom stereocenters. The average Bonchev–Trinajstić information content (AvgIpc) is 2.80. The number of likely N-dealkylation sites (tertiary alicyclic amines) is 1. The number of hydrogen-bond acceptors (Lipinski definition) is 5. The molecule has 2 aliphatic rings. The highest BCUT2D eigenvalue weighted by atomic mass is 32.2. The van der Waals surface area contributed by atoms with E-state index in [4.69, 9.17) is 10.00 Å². The Hall–Kier alpha value is -2.36. The molecule has 0 spiro atoms. The van der Waals surface area contributed by atoms with E-state index in [0.29, 0.717) is 12.1 Å². The van der Waals surface area contributed by atoms with E-state index in [1.54, 1.807) is 24.0 Å². The van der Waals surface area contributed by atoms with Crippen LogP contribution < -0.4 is 0 Å². The van der Waals surface area contributed by atoms with Gasteiger partial charge in [0.2, 0.25) is 0 Å². The van der Waals surface area contributed by atoms with Gasteiger partial charge in [0.25, 0.3) is 5.91 Å². The van der Waals surface area contributed by atoms with Crippen molar-refractivity contribution in [1.82, 2.24) is 9.88 Å². The van der Waals surface area contributed by atoms with Crippen molar-refractivity contribution in [1.29, 1.82) is 5.26 Å². The van der Waals surface area contributed by atoms with Crippen molar-refractivity contribution in [3.05, 3.63) is 59.3 Å². The summed E-state index contributed by atoms with van der Waals surface area (Å²) in [5.41, 5.74) is 2.41. The van der Waals surface area contributed by atoms with Crippen molar-refractivity contribution in [2.45, 2.75) is 61.4 Å². The molecule has 0 saturated carbocycles. The van der Waals surface area contributed by atoms with Gasteiger partial charge in [-0.2, -0.15) is 5.26 Å². The molecule has 3 heterocycles. The minimum atomic E-state index is 0.0158. The lowest BCUT2D eigenvalue weighted by Gasteiger charge is -2.38. The normalized spacial score (nSPS) is 24.3. The van der Waals surface area contributed by atoms with Crippen LogP contribution in [0, 0.1) is 11.3 Å². The van der Waals surface area contributed by atoms with Gasteiger partial charge in [-0.3, -0.25) is 4.79 Å². The molecule has 0 N–H and O–H groups in total. The molecule has 1 unspecified atom stereocenters. The van der Waals surface area contributed by atoms with E-state index in [2.05, 4.69) is 18.0 Å². The van der Waals surface area contributed by atoms with E-state index in [9.17, 15) is 4.79 Å². The van der Waals surface area contributed by atoms with Gasteiger partial charge >= 0.3 is 0 Å². The van der Waals surface area contributed by atoms with Crippen LogP contribution in [0.1, 0.15) is 66.6 Å². The number of amides is 1. The molecule has 5 nitrogen and oxygen atoms in total. The van der Waals surface area contributed by atoms with E-state index in [0.717, 1.165) is 54.9 Å². The van der Waals surface area contributed by atoms with Crippen LogP contribution >= 0.6 is 11.8 Å². The Balaban J connectivity index is 1.51. The van der Waals surface area contributed by atoms with E-state index in [1.807, 2.05) is 35.2 Å². The van der Waals surface area contributed by atoms with Crippen molar-refractivity contribution < 1.29 is 9.53 Å². The number of thioether (sulfide) groups is 1. The van der Waals surface area contributed by atoms with E-state index < -0.39 is 0 Å². The molecule has 2 saturated heterocycles. The Labute approximate surface area is 182 Å². The molecule has 30 heavy (non-hydrogen) atoms. The summed E-state index contributed by atoms with van der Waals surface area (Å²) in [7, 11) is 0. The summed E-state index contributed by atoms with van der Waals surface area (Å²) in [5, 5.41) is 10.2. The second-order valence-corrected chi connectivity index (χ2v) is 9.38. The highest BCUT2D eigenvalue weighted by molar-refractivity contribution is 7.99. The molecule has 0 aliphatic carbocycles. The maximum Gasteiger partial charge on any atom is 0.254 e. The summed E-state index contributed by atoms with van der Waals surface area (Å²) in [4.78, 5) is 20.0. The Kier molecular flexibility index (Phi) is 6.71. The highest BCUT2D eigenvalue weighted by Gasteiger charge is 2.32. The Bertz CT molecular complexity index is 936. The van der Waals surface area contributed by atoms with Crippen LogP contribution in [0.4, 0.5) is 0 Å². The van der Waals surface area contributed by atoms with Gasteiger partial charge < -0.3 is 9.64 Å². The number of carbonyl (C=O) groups is 1. The van der Waals surface area contributed by atoms with Crippen LogP contribution in [0.15, 0.2) is 47.6 Å². The number of nitrogens with zero attached hydrogens (tertiary/aromatic N) is 3. The maximum absolute atomic E-state index is 13.6. The second-order valence-electron chi connectivity index (χ2n) is 8.06. The number of pyridine rings is 1. The molecule has 2 fully saturated rings. The third-order valence-electron chi connectivity index (χ3n) is 5.97. The molecule has 2 aliphatic heterocycles. The van der Waals surface area contributed by atoms with Gasteiger partial charge in [-0.1, -0.05) is 18.2 Å². The molecular formula is C24H27N3O2S. The number of hydrogen-bond donors (Lipinski definition) is 0. The van der Waals surface area contributed by atoms with Crippen molar-refractivity contribution in [3.63, 3.8) is 0 Å². The van der Waals surface area contributed by atoms with Crippen LogP contribution in [0.3, 0.4) is 0 Å². The third kappa shape index (κ3) is 4.69. The molecule has 1 amide bonds. The first-order valence-electron chi connectivity index (χ1n) is 10.7. The molecule has 156 valence electrons.